The first-order valence-corrected chi connectivity index (χ1v) is 6.18. The van der Waals surface area contributed by atoms with Crippen LogP contribution in [0, 0.1) is 0 Å². The lowest BCUT2D eigenvalue weighted by Gasteiger charge is -2.29. The highest BCUT2D eigenvalue weighted by atomic mass is 15.1. The van der Waals surface area contributed by atoms with Gasteiger partial charge in [0.05, 0.1) is 0 Å². The van der Waals surface area contributed by atoms with Crippen molar-refractivity contribution in [2.45, 2.75) is 26.4 Å². The van der Waals surface area contributed by atoms with Crippen LogP contribution in [-0.4, -0.2) is 11.0 Å². The molecule has 0 fully saturated rings. The third kappa shape index (κ3) is 3.00. The number of benzene rings is 1. The second-order valence-corrected chi connectivity index (χ2v) is 4.67. The van der Waals surface area contributed by atoms with Crippen LogP contribution in [0.4, 0.5) is 11.4 Å². The molecule has 18 heavy (non-hydrogen) atoms. The van der Waals surface area contributed by atoms with Crippen LogP contribution in [0.25, 0.3) is 0 Å². The first-order valence-electron chi connectivity index (χ1n) is 6.18. The first-order chi connectivity index (χ1) is 8.66. The minimum Gasteiger partial charge on any atom is -0.399 e. The van der Waals surface area contributed by atoms with E-state index in [1.807, 2.05) is 36.7 Å². The molecule has 2 rings (SSSR count). The molecule has 1 aromatic carbocycles. The lowest BCUT2D eigenvalue weighted by molar-refractivity contribution is 0.682. The molecule has 3 heteroatoms. The topological polar surface area (TPSA) is 42.1 Å². The van der Waals surface area contributed by atoms with Gasteiger partial charge in [-0.2, -0.15) is 0 Å². The Morgan fingerprint density at radius 2 is 1.67 bits per heavy atom. The van der Waals surface area contributed by atoms with Crippen molar-refractivity contribution in [1.29, 1.82) is 0 Å². The van der Waals surface area contributed by atoms with E-state index in [-0.39, 0.29) is 0 Å². The fourth-order valence-electron chi connectivity index (χ4n) is 1.93. The average Bonchev–Trinajstić information content (AvgIpc) is 2.38. The van der Waals surface area contributed by atoms with Crippen molar-refractivity contribution in [3.05, 3.63) is 54.4 Å². The van der Waals surface area contributed by atoms with Crippen LogP contribution in [0.1, 0.15) is 19.4 Å². The van der Waals surface area contributed by atoms with E-state index in [4.69, 9.17) is 5.73 Å². The molecule has 1 aromatic heterocycles. The van der Waals surface area contributed by atoms with Crippen LogP contribution >= 0.6 is 0 Å². The number of aromatic nitrogens is 1. The molecule has 1 heterocycles. The minimum absolute atomic E-state index is 0.435. The van der Waals surface area contributed by atoms with Crippen molar-refractivity contribution in [3.8, 4) is 0 Å². The Morgan fingerprint density at radius 1 is 1.06 bits per heavy atom. The Kier molecular flexibility index (Phi) is 3.82. The number of nitrogen functional groups attached to an aromatic ring is 1. The molecule has 0 bridgehead atoms. The highest BCUT2D eigenvalue weighted by Gasteiger charge is 2.10. The molecule has 94 valence electrons. The predicted molar refractivity (Wildman–Crippen MR) is 76.4 cm³/mol. The summed E-state index contributed by atoms with van der Waals surface area (Å²) in [5, 5.41) is 0. The van der Waals surface area contributed by atoms with E-state index in [1.54, 1.807) is 0 Å². The highest BCUT2D eigenvalue weighted by molar-refractivity contribution is 5.47. The van der Waals surface area contributed by atoms with E-state index in [0.717, 1.165) is 12.2 Å². The summed E-state index contributed by atoms with van der Waals surface area (Å²) in [7, 11) is 0. The van der Waals surface area contributed by atoms with Gasteiger partial charge in [0.2, 0.25) is 0 Å². The zero-order valence-electron chi connectivity index (χ0n) is 10.9. The van der Waals surface area contributed by atoms with E-state index in [1.165, 1.54) is 11.3 Å². The van der Waals surface area contributed by atoms with Crippen molar-refractivity contribution in [3.63, 3.8) is 0 Å². The van der Waals surface area contributed by atoms with E-state index >= 15 is 0 Å². The number of nitrogens with zero attached hydrogens (tertiary/aromatic N) is 2. The predicted octanol–water partition coefficient (Wildman–Crippen LogP) is 3.08. The molecular weight excluding hydrogens is 222 g/mol. The molecule has 0 aliphatic rings. The number of anilines is 2. The summed E-state index contributed by atoms with van der Waals surface area (Å²) < 4.78 is 0. The maximum absolute atomic E-state index is 5.71. The minimum atomic E-state index is 0.435. The largest absolute Gasteiger partial charge is 0.399 e. The summed E-state index contributed by atoms with van der Waals surface area (Å²) >= 11 is 0. The summed E-state index contributed by atoms with van der Waals surface area (Å²) in [6.07, 6.45) is 3.65. The van der Waals surface area contributed by atoms with Gasteiger partial charge in [0.15, 0.2) is 0 Å². The third-order valence-corrected chi connectivity index (χ3v) is 2.95. The molecule has 0 spiro atoms. The molecular formula is C15H19N3. The molecule has 0 radical (unpaired) electrons. The van der Waals surface area contributed by atoms with Crippen molar-refractivity contribution in [2.24, 2.45) is 0 Å². The lowest BCUT2D eigenvalue weighted by Crippen LogP contribution is -2.30. The van der Waals surface area contributed by atoms with Gasteiger partial charge < -0.3 is 10.6 Å². The summed E-state index contributed by atoms with van der Waals surface area (Å²) in [6.45, 7) is 5.26. The van der Waals surface area contributed by atoms with Gasteiger partial charge in [0.1, 0.15) is 0 Å². The van der Waals surface area contributed by atoms with Crippen LogP contribution in [-0.2, 0) is 6.54 Å². The summed E-state index contributed by atoms with van der Waals surface area (Å²) in [5.41, 5.74) is 8.96. The maximum atomic E-state index is 5.71. The Labute approximate surface area is 108 Å². The third-order valence-electron chi connectivity index (χ3n) is 2.95. The number of nitrogens with two attached hydrogens (primary N) is 1. The van der Waals surface area contributed by atoms with E-state index in [9.17, 15) is 0 Å². The zero-order valence-corrected chi connectivity index (χ0v) is 10.9. The highest BCUT2D eigenvalue weighted by Crippen LogP contribution is 2.19. The van der Waals surface area contributed by atoms with Gasteiger partial charge in [0, 0.05) is 36.4 Å². The molecule has 2 N–H and O–H groups in total. The maximum Gasteiger partial charge on any atom is 0.0432 e. The van der Waals surface area contributed by atoms with Gasteiger partial charge in [-0.3, -0.25) is 4.98 Å². The zero-order chi connectivity index (χ0) is 13.0. The lowest BCUT2D eigenvalue weighted by atomic mass is 10.1. The fraction of sp³-hybridized carbons (Fsp3) is 0.267. The van der Waals surface area contributed by atoms with Crippen LogP contribution in [0.5, 0.6) is 0 Å². The molecule has 0 aliphatic heterocycles. The van der Waals surface area contributed by atoms with Crippen molar-refractivity contribution >= 4 is 11.4 Å². The summed E-state index contributed by atoms with van der Waals surface area (Å²) in [6, 6.07) is 12.6. The molecule has 0 amide bonds. The molecule has 2 aromatic rings. The standard InChI is InChI=1S/C15H19N3/c1-12(2)18(15-7-9-17-10-8-15)11-13-3-5-14(16)6-4-13/h3-10,12H,11,16H2,1-2H3. The van der Waals surface area contributed by atoms with Gasteiger partial charge in [-0.25, -0.2) is 0 Å². The average molecular weight is 241 g/mol. The number of hydrogen-bond donors (Lipinski definition) is 1. The van der Waals surface area contributed by atoms with Gasteiger partial charge in [-0.1, -0.05) is 12.1 Å². The van der Waals surface area contributed by atoms with Crippen LogP contribution < -0.4 is 10.6 Å². The molecule has 0 aliphatic carbocycles. The summed E-state index contributed by atoms with van der Waals surface area (Å²) in [5.74, 6) is 0. The molecule has 3 nitrogen and oxygen atoms in total. The van der Waals surface area contributed by atoms with Crippen LogP contribution in [0.15, 0.2) is 48.8 Å². The van der Waals surface area contributed by atoms with Crippen LogP contribution in [0.3, 0.4) is 0 Å². The molecule has 0 saturated heterocycles. The van der Waals surface area contributed by atoms with E-state index in [0.29, 0.717) is 6.04 Å². The quantitative estimate of drug-likeness (QED) is 0.836. The number of hydrogen-bond acceptors (Lipinski definition) is 3. The second-order valence-electron chi connectivity index (χ2n) is 4.67. The molecule has 0 unspecified atom stereocenters. The Hall–Kier alpha value is -2.03. The molecule has 0 saturated carbocycles. The Morgan fingerprint density at radius 3 is 2.22 bits per heavy atom. The van der Waals surface area contributed by atoms with Crippen molar-refractivity contribution < 1.29 is 0 Å². The summed E-state index contributed by atoms with van der Waals surface area (Å²) in [4.78, 5) is 6.40. The van der Waals surface area contributed by atoms with Crippen molar-refractivity contribution in [1.82, 2.24) is 4.98 Å². The Balaban J connectivity index is 2.19. The van der Waals surface area contributed by atoms with E-state index in [2.05, 4.69) is 35.9 Å². The van der Waals surface area contributed by atoms with E-state index < -0.39 is 0 Å². The van der Waals surface area contributed by atoms with Gasteiger partial charge in [-0.15, -0.1) is 0 Å². The molecule has 0 atom stereocenters. The fourth-order valence-corrected chi connectivity index (χ4v) is 1.93. The second kappa shape index (κ2) is 5.54. The first kappa shape index (κ1) is 12.4. The Bertz CT molecular complexity index is 477. The SMILES string of the molecule is CC(C)N(Cc1ccc(N)cc1)c1ccncc1. The van der Waals surface area contributed by atoms with Crippen molar-refractivity contribution in [2.75, 3.05) is 10.6 Å². The van der Waals surface area contributed by atoms with Gasteiger partial charge in [-0.05, 0) is 43.7 Å². The number of pyridine rings is 1. The smallest absolute Gasteiger partial charge is 0.0432 e. The monoisotopic (exact) mass is 241 g/mol. The van der Waals surface area contributed by atoms with Crippen LogP contribution in [0.2, 0.25) is 0 Å². The number of rotatable bonds is 4. The van der Waals surface area contributed by atoms with Gasteiger partial charge in [0.25, 0.3) is 0 Å². The normalized spacial score (nSPS) is 10.6. The van der Waals surface area contributed by atoms with Gasteiger partial charge >= 0.3 is 0 Å².